The normalized spacial score (nSPS) is 19.5. The smallest absolute Gasteiger partial charge is 0.331 e. The highest BCUT2D eigenvalue weighted by molar-refractivity contribution is 5.93. The summed E-state index contributed by atoms with van der Waals surface area (Å²) in [6.45, 7) is 3.05. The summed E-state index contributed by atoms with van der Waals surface area (Å²) in [5, 5.41) is 0. The van der Waals surface area contributed by atoms with Crippen LogP contribution in [0.5, 0.6) is 0 Å². The van der Waals surface area contributed by atoms with Crippen LogP contribution in [0.1, 0.15) is 50.2 Å². The molecule has 164 valence electrons. The second kappa shape index (κ2) is 9.65. The fraction of sp³-hybridized carbons (Fsp3) is 0.462. The van der Waals surface area contributed by atoms with E-state index in [4.69, 9.17) is 9.47 Å². The van der Waals surface area contributed by atoms with Crippen LogP contribution in [-0.4, -0.2) is 35.5 Å². The molecule has 0 aromatic heterocycles. The monoisotopic (exact) mass is 421 g/mol. The molecule has 0 bridgehead atoms. The van der Waals surface area contributed by atoms with E-state index in [0.717, 1.165) is 36.8 Å². The molecule has 1 aliphatic heterocycles. The van der Waals surface area contributed by atoms with Crippen LogP contribution in [-0.2, 0) is 32.3 Å². The van der Waals surface area contributed by atoms with Crippen LogP contribution in [0, 0.1) is 5.41 Å². The van der Waals surface area contributed by atoms with Crippen molar-refractivity contribution in [2.24, 2.45) is 5.41 Å². The number of β-lactam (4-membered cyclic amide) rings is 1. The van der Waals surface area contributed by atoms with E-state index in [1.54, 1.807) is 4.90 Å². The van der Waals surface area contributed by atoms with Crippen LogP contribution in [0.3, 0.4) is 0 Å². The minimum atomic E-state index is -0.729. The van der Waals surface area contributed by atoms with Gasteiger partial charge in [0, 0.05) is 6.54 Å². The zero-order chi connectivity index (χ0) is 21.7. The molecule has 2 aromatic carbocycles. The molecule has 1 heterocycles. The van der Waals surface area contributed by atoms with Gasteiger partial charge in [-0.1, -0.05) is 79.9 Å². The van der Waals surface area contributed by atoms with Crippen molar-refractivity contribution in [1.29, 1.82) is 0 Å². The third-order valence-electron chi connectivity index (χ3n) is 6.60. The SMILES string of the molecule is C[C@@H](OCc1ccccc1)[C@@H](C(=O)OCc1ccccc1)N1CC2(CCCCC2)C1=O. The number of hydrogen-bond acceptors (Lipinski definition) is 4. The lowest BCUT2D eigenvalue weighted by atomic mass is 9.67. The maximum absolute atomic E-state index is 13.2. The van der Waals surface area contributed by atoms with E-state index >= 15 is 0 Å². The molecule has 31 heavy (non-hydrogen) atoms. The van der Waals surface area contributed by atoms with Crippen LogP contribution in [0.2, 0.25) is 0 Å². The van der Waals surface area contributed by atoms with E-state index in [1.807, 2.05) is 67.6 Å². The summed E-state index contributed by atoms with van der Waals surface area (Å²) in [5.41, 5.74) is 1.69. The Balaban J connectivity index is 1.45. The largest absolute Gasteiger partial charge is 0.459 e. The van der Waals surface area contributed by atoms with Gasteiger partial charge in [-0.3, -0.25) is 4.79 Å². The van der Waals surface area contributed by atoms with Gasteiger partial charge < -0.3 is 14.4 Å². The number of amides is 1. The Morgan fingerprint density at radius 2 is 1.52 bits per heavy atom. The van der Waals surface area contributed by atoms with Crippen LogP contribution in [0.15, 0.2) is 60.7 Å². The zero-order valence-corrected chi connectivity index (χ0v) is 18.2. The van der Waals surface area contributed by atoms with Crippen LogP contribution >= 0.6 is 0 Å². The van der Waals surface area contributed by atoms with E-state index in [-0.39, 0.29) is 17.9 Å². The molecular weight excluding hydrogens is 390 g/mol. The van der Waals surface area contributed by atoms with E-state index in [2.05, 4.69) is 0 Å². The summed E-state index contributed by atoms with van der Waals surface area (Å²) < 4.78 is 11.7. The van der Waals surface area contributed by atoms with Gasteiger partial charge in [0.1, 0.15) is 6.61 Å². The van der Waals surface area contributed by atoms with Gasteiger partial charge in [-0.15, -0.1) is 0 Å². The highest BCUT2D eigenvalue weighted by atomic mass is 16.5. The van der Waals surface area contributed by atoms with Gasteiger partial charge in [0.15, 0.2) is 6.04 Å². The third kappa shape index (κ3) is 4.82. The predicted octanol–water partition coefficient (Wildman–Crippen LogP) is 4.50. The number of likely N-dealkylation sites (tertiary alicyclic amines) is 1. The van der Waals surface area contributed by atoms with Crippen molar-refractivity contribution in [2.45, 2.75) is 64.4 Å². The Labute approximate surface area is 184 Å². The molecule has 1 saturated heterocycles. The quantitative estimate of drug-likeness (QED) is 0.465. The molecule has 2 aromatic rings. The topological polar surface area (TPSA) is 55.8 Å². The first-order valence-corrected chi connectivity index (χ1v) is 11.3. The average molecular weight is 422 g/mol. The molecule has 1 aliphatic carbocycles. The molecule has 1 spiro atoms. The first-order valence-electron chi connectivity index (χ1n) is 11.3. The van der Waals surface area contributed by atoms with Gasteiger partial charge in [-0.05, 0) is 30.9 Å². The Bertz CT molecular complexity index is 877. The van der Waals surface area contributed by atoms with Gasteiger partial charge in [0.25, 0.3) is 0 Å². The molecule has 0 unspecified atom stereocenters. The van der Waals surface area contributed by atoms with Crippen molar-refractivity contribution in [3.63, 3.8) is 0 Å². The predicted molar refractivity (Wildman–Crippen MR) is 118 cm³/mol. The first-order chi connectivity index (χ1) is 15.1. The van der Waals surface area contributed by atoms with Crippen molar-refractivity contribution < 1.29 is 19.1 Å². The number of esters is 1. The maximum atomic E-state index is 13.2. The molecule has 0 N–H and O–H groups in total. The lowest BCUT2D eigenvalue weighted by molar-refractivity contribution is -0.185. The number of ether oxygens (including phenoxy) is 2. The highest BCUT2D eigenvalue weighted by Crippen LogP contribution is 2.46. The molecule has 2 atom stereocenters. The molecule has 2 fully saturated rings. The second-order valence-corrected chi connectivity index (χ2v) is 8.81. The summed E-state index contributed by atoms with van der Waals surface area (Å²) in [6.07, 6.45) is 4.74. The van der Waals surface area contributed by atoms with E-state index in [1.165, 1.54) is 6.42 Å². The number of benzene rings is 2. The minimum absolute atomic E-state index is 0.0871. The number of hydrogen-bond donors (Lipinski definition) is 0. The number of carbonyl (C=O) groups is 2. The van der Waals surface area contributed by atoms with Crippen LogP contribution in [0.4, 0.5) is 0 Å². The van der Waals surface area contributed by atoms with Crippen LogP contribution in [0.25, 0.3) is 0 Å². The molecule has 4 rings (SSSR count). The van der Waals surface area contributed by atoms with E-state index in [9.17, 15) is 9.59 Å². The number of carbonyl (C=O) groups excluding carboxylic acids is 2. The summed E-state index contributed by atoms with van der Waals surface area (Å²) in [7, 11) is 0. The molecule has 1 saturated carbocycles. The Morgan fingerprint density at radius 3 is 2.10 bits per heavy atom. The summed E-state index contributed by atoms with van der Waals surface area (Å²) >= 11 is 0. The van der Waals surface area contributed by atoms with Crippen LogP contribution < -0.4 is 0 Å². The van der Waals surface area contributed by atoms with Gasteiger partial charge in [-0.25, -0.2) is 4.79 Å². The van der Waals surface area contributed by atoms with Gasteiger partial charge >= 0.3 is 5.97 Å². The van der Waals surface area contributed by atoms with Gasteiger partial charge in [-0.2, -0.15) is 0 Å². The first kappa shape index (κ1) is 21.6. The van der Waals surface area contributed by atoms with Crippen molar-refractivity contribution >= 4 is 11.9 Å². The Kier molecular flexibility index (Phi) is 6.71. The molecule has 2 aliphatic rings. The summed E-state index contributed by atoms with van der Waals surface area (Å²) in [4.78, 5) is 28.0. The zero-order valence-electron chi connectivity index (χ0n) is 18.2. The van der Waals surface area contributed by atoms with Crippen molar-refractivity contribution in [2.75, 3.05) is 6.54 Å². The van der Waals surface area contributed by atoms with E-state index in [0.29, 0.717) is 13.2 Å². The molecule has 5 heteroatoms. The van der Waals surface area contributed by atoms with Crippen molar-refractivity contribution in [3.05, 3.63) is 71.8 Å². The Morgan fingerprint density at radius 1 is 0.935 bits per heavy atom. The van der Waals surface area contributed by atoms with E-state index < -0.39 is 18.1 Å². The highest BCUT2D eigenvalue weighted by Gasteiger charge is 2.56. The molecule has 0 radical (unpaired) electrons. The minimum Gasteiger partial charge on any atom is -0.459 e. The lowest BCUT2D eigenvalue weighted by Crippen LogP contribution is -2.68. The second-order valence-electron chi connectivity index (χ2n) is 8.81. The van der Waals surface area contributed by atoms with Crippen molar-refractivity contribution in [3.8, 4) is 0 Å². The standard InChI is InChI=1S/C26H31NO4/c1-20(30-17-21-11-5-2-6-12-21)23(24(28)31-18-22-13-7-3-8-14-22)27-19-26(25(27)29)15-9-4-10-16-26/h2-3,5-8,11-14,20,23H,4,9-10,15-19H2,1H3/t20-,23+/m1/s1. The average Bonchev–Trinajstić information content (AvgIpc) is 2.83. The summed E-state index contributed by atoms with van der Waals surface area (Å²) in [6, 6.07) is 18.7. The third-order valence-corrected chi connectivity index (χ3v) is 6.60. The lowest BCUT2D eigenvalue weighted by Gasteiger charge is -2.53. The molecular formula is C26H31NO4. The molecule has 5 nitrogen and oxygen atoms in total. The summed E-state index contributed by atoms with van der Waals surface area (Å²) in [5.74, 6) is -0.313. The number of nitrogens with zero attached hydrogens (tertiary/aromatic N) is 1. The number of rotatable bonds is 8. The maximum Gasteiger partial charge on any atom is 0.331 e. The molecule has 1 amide bonds. The fourth-order valence-electron chi connectivity index (χ4n) is 4.78. The van der Waals surface area contributed by atoms with Gasteiger partial charge in [0.05, 0.1) is 18.1 Å². The van der Waals surface area contributed by atoms with Crippen molar-refractivity contribution in [1.82, 2.24) is 4.90 Å². The Hall–Kier alpha value is -2.66. The van der Waals surface area contributed by atoms with Gasteiger partial charge in [0.2, 0.25) is 5.91 Å². The fourth-order valence-corrected chi connectivity index (χ4v) is 4.78.